The number of nitrogens with one attached hydrogen (secondary N) is 1. The van der Waals surface area contributed by atoms with Crippen molar-refractivity contribution in [2.24, 2.45) is 0 Å². The lowest BCUT2D eigenvalue weighted by Gasteiger charge is -2.09. The van der Waals surface area contributed by atoms with Gasteiger partial charge in [0.2, 0.25) is 15.9 Å². The van der Waals surface area contributed by atoms with Gasteiger partial charge >= 0.3 is 0 Å². The number of anilines is 1. The molecule has 1 aromatic carbocycles. The molecule has 20 heavy (non-hydrogen) atoms. The molecule has 0 aliphatic carbocycles. The molecule has 0 aliphatic rings. The molecule has 0 bridgehead atoms. The summed E-state index contributed by atoms with van der Waals surface area (Å²) in [7, 11) is -2.22. The summed E-state index contributed by atoms with van der Waals surface area (Å²) in [6, 6.07) is 4.25. The van der Waals surface area contributed by atoms with Gasteiger partial charge in [0.25, 0.3) is 0 Å². The van der Waals surface area contributed by atoms with Gasteiger partial charge in [-0.3, -0.25) is 0 Å². The number of nitrogen functional groups attached to an aromatic ring is 1. The molecule has 0 saturated carbocycles. The summed E-state index contributed by atoms with van der Waals surface area (Å²) in [5.74, 6) is 0.673. The van der Waals surface area contributed by atoms with E-state index in [9.17, 15) is 8.42 Å². The van der Waals surface area contributed by atoms with Gasteiger partial charge in [-0.05, 0) is 12.1 Å². The fraction of sp³-hybridized carbons (Fsp3) is 0.273. The number of sulfonamides is 1. The van der Waals surface area contributed by atoms with E-state index in [0.29, 0.717) is 23.7 Å². The highest BCUT2D eigenvalue weighted by Crippen LogP contribution is 2.24. The number of hydrogen-bond acceptors (Lipinski definition) is 7. The van der Waals surface area contributed by atoms with Crippen molar-refractivity contribution in [1.29, 1.82) is 0 Å². The van der Waals surface area contributed by atoms with E-state index >= 15 is 0 Å². The number of benzene rings is 1. The SMILES string of the molecule is COc1cc(S(=O)(=O)NCCc2ncno2)ccc1N. The van der Waals surface area contributed by atoms with Crippen LogP contribution in [0.3, 0.4) is 0 Å². The molecule has 9 heteroatoms. The third-order valence-corrected chi connectivity index (χ3v) is 4.01. The standard InChI is InChI=1S/C11H14N4O4S/c1-18-10-6-8(2-3-9(10)12)20(16,17)15-5-4-11-13-7-14-19-11/h2-3,6-7,15H,4-5,12H2,1H3. The van der Waals surface area contributed by atoms with E-state index in [0.717, 1.165) is 0 Å². The van der Waals surface area contributed by atoms with Crippen LogP contribution in [0, 0.1) is 0 Å². The summed E-state index contributed by atoms with van der Waals surface area (Å²) in [6.45, 7) is 0.150. The molecule has 0 radical (unpaired) electrons. The van der Waals surface area contributed by atoms with E-state index < -0.39 is 10.0 Å². The number of hydrogen-bond donors (Lipinski definition) is 2. The molecule has 1 aromatic heterocycles. The Bertz CT molecular complexity index is 670. The number of ether oxygens (including phenoxy) is 1. The van der Waals surface area contributed by atoms with Gasteiger partial charge in [-0.1, -0.05) is 5.16 Å². The summed E-state index contributed by atoms with van der Waals surface area (Å²) in [4.78, 5) is 3.88. The Morgan fingerprint density at radius 1 is 1.45 bits per heavy atom. The lowest BCUT2D eigenvalue weighted by Crippen LogP contribution is -2.26. The first kappa shape index (κ1) is 14.3. The van der Waals surface area contributed by atoms with Gasteiger partial charge in [-0.15, -0.1) is 0 Å². The van der Waals surface area contributed by atoms with E-state index in [4.69, 9.17) is 15.0 Å². The molecule has 2 rings (SSSR count). The predicted octanol–water partition coefficient (Wildman–Crippen LogP) is 0.181. The van der Waals surface area contributed by atoms with Crippen molar-refractivity contribution in [1.82, 2.24) is 14.9 Å². The van der Waals surface area contributed by atoms with Crippen LogP contribution in [0.25, 0.3) is 0 Å². The summed E-state index contributed by atoms with van der Waals surface area (Å²) >= 11 is 0. The Balaban J connectivity index is 2.06. The van der Waals surface area contributed by atoms with E-state index in [-0.39, 0.29) is 11.4 Å². The molecule has 8 nitrogen and oxygen atoms in total. The minimum Gasteiger partial charge on any atom is -0.495 e. The Kier molecular flexibility index (Phi) is 4.20. The van der Waals surface area contributed by atoms with Crippen LogP contribution in [0.5, 0.6) is 5.75 Å². The van der Waals surface area contributed by atoms with Crippen LogP contribution in [0.15, 0.2) is 33.9 Å². The van der Waals surface area contributed by atoms with E-state index in [1.54, 1.807) is 0 Å². The highest BCUT2D eigenvalue weighted by molar-refractivity contribution is 7.89. The smallest absolute Gasteiger partial charge is 0.240 e. The molecule has 0 saturated heterocycles. The second-order valence-electron chi connectivity index (χ2n) is 3.89. The molecule has 0 fully saturated rings. The summed E-state index contributed by atoms with van der Waals surface area (Å²) in [5, 5.41) is 3.43. The van der Waals surface area contributed by atoms with Crippen LogP contribution in [0.4, 0.5) is 5.69 Å². The number of nitrogens with zero attached hydrogens (tertiary/aromatic N) is 2. The number of nitrogens with two attached hydrogens (primary N) is 1. The van der Waals surface area contributed by atoms with Crippen molar-refractivity contribution in [2.75, 3.05) is 19.4 Å². The van der Waals surface area contributed by atoms with Gasteiger partial charge in [0, 0.05) is 19.0 Å². The fourth-order valence-electron chi connectivity index (χ4n) is 1.54. The molecule has 0 spiro atoms. The minimum atomic E-state index is -3.64. The maximum Gasteiger partial charge on any atom is 0.240 e. The molecule has 108 valence electrons. The second-order valence-corrected chi connectivity index (χ2v) is 5.65. The van der Waals surface area contributed by atoms with Crippen LogP contribution >= 0.6 is 0 Å². The van der Waals surface area contributed by atoms with Crippen LogP contribution in [-0.2, 0) is 16.4 Å². The molecule has 0 unspecified atom stereocenters. The van der Waals surface area contributed by atoms with Crippen LogP contribution in [0.1, 0.15) is 5.89 Å². The maximum absolute atomic E-state index is 12.1. The van der Waals surface area contributed by atoms with Gasteiger partial charge in [0.15, 0.2) is 6.33 Å². The van der Waals surface area contributed by atoms with Gasteiger partial charge in [0.1, 0.15) is 5.75 Å². The van der Waals surface area contributed by atoms with E-state index in [1.807, 2.05) is 0 Å². The zero-order chi connectivity index (χ0) is 14.6. The number of rotatable bonds is 6. The molecular weight excluding hydrogens is 284 g/mol. The van der Waals surface area contributed by atoms with Crippen LogP contribution < -0.4 is 15.2 Å². The molecule has 0 atom stereocenters. The van der Waals surface area contributed by atoms with E-state index in [2.05, 4.69) is 14.9 Å². The first-order valence-corrected chi connectivity index (χ1v) is 7.20. The van der Waals surface area contributed by atoms with Crippen molar-refractivity contribution >= 4 is 15.7 Å². The first-order valence-electron chi connectivity index (χ1n) is 5.71. The highest BCUT2D eigenvalue weighted by atomic mass is 32.2. The monoisotopic (exact) mass is 298 g/mol. The Labute approximate surface area is 116 Å². The van der Waals surface area contributed by atoms with Crippen LogP contribution in [-0.4, -0.2) is 32.2 Å². The number of aromatic nitrogens is 2. The fourth-order valence-corrected chi connectivity index (χ4v) is 2.59. The van der Waals surface area contributed by atoms with Gasteiger partial charge < -0.3 is 15.0 Å². The first-order chi connectivity index (χ1) is 9.53. The Morgan fingerprint density at radius 3 is 2.90 bits per heavy atom. The van der Waals surface area contributed by atoms with Gasteiger partial charge in [-0.25, -0.2) is 13.1 Å². The normalized spacial score (nSPS) is 11.4. The molecule has 0 aliphatic heterocycles. The third-order valence-electron chi connectivity index (χ3n) is 2.55. The molecular formula is C11H14N4O4S. The van der Waals surface area contributed by atoms with Crippen molar-refractivity contribution in [2.45, 2.75) is 11.3 Å². The highest BCUT2D eigenvalue weighted by Gasteiger charge is 2.16. The topological polar surface area (TPSA) is 120 Å². The lowest BCUT2D eigenvalue weighted by molar-refractivity contribution is 0.377. The third kappa shape index (κ3) is 3.25. The average molecular weight is 298 g/mol. The van der Waals surface area contributed by atoms with Crippen molar-refractivity contribution < 1.29 is 17.7 Å². The zero-order valence-corrected chi connectivity index (χ0v) is 11.6. The lowest BCUT2D eigenvalue weighted by atomic mass is 10.3. The Morgan fingerprint density at radius 2 is 2.25 bits per heavy atom. The zero-order valence-electron chi connectivity index (χ0n) is 10.7. The average Bonchev–Trinajstić information content (AvgIpc) is 2.92. The number of methoxy groups -OCH3 is 1. The van der Waals surface area contributed by atoms with Gasteiger partial charge in [-0.2, -0.15) is 4.98 Å². The molecule has 3 N–H and O–H groups in total. The van der Waals surface area contributed by atoms with Gasteiger partial charge in [0.05, 0.1) is 17.7 Å². The molecule has 2 aromatic rings. The predicted molar refractivity (Wildman–Crippen MR) is 70.6 cm³/mol. The van der Waals surface area contributed by atoms with Crippen LogP contribution in [0.2, 0.25) is 0 Å². The molecule has 0 amide bonds. The second kappa shape index (κ2) is 5.88. The van der Waals surface area contributed by atoms with Crippen molar-refractivity contribution in [3.63, 3.8) is 0 Å². The van der Waals surface area contributed by atoms with Crippen molar-refractivity contribution in [3.05, 3.63) is 30.4 Å². The summed E-state index contributed by atoms with van der Waals surface area (Å²) < 4.78 is 36.3. The Hall–Kier alpha value is -2.13. The summed E-state index contributed by atoms with van der Waals surface area (Å²) in [5.41, 5.74) is 6.01. The maximum atomic E-state index is 12.1. The molecule has 1 heterocycles. The largest absolute Gasteiger partial charge is 0.495 e. The van der Waals surface area contributed by atoms with E-state index in [1.165, 1.54) is 31.6 Å². The summed E-state index contributed by atoms with van der Waals surface area (Å²) in [6.07, 6.45) is 1.57. The minimum absolute atomic E-state index is 0.0779. The quantitative estimate of drug-likeness (QED) is 0.730. The van der Waals surface area contributed by atoms with Crippen molar-refractivity contribution in [3.8, 4) is 5.75 Å².